The summed E-state index contributed by atoms with van der Waals surface area (Å²) in [6.45, 7) is 6.91. The average molecular weight is 330 g/mol. The van der Waals surface area contributed by atoms with Gasteiger partial charge >= 0.3 is 108 Å². The third-order valence-electron chi connectivity index (χ3n) is 2.49. The fraction of sp³-hybridized carbons (Fsp3) is 0.538. The second kappa shape index (κ2) is 6.69. The summed E-state index contributed by atoms with van der Waals surface area (Å²) in [5.74, 6) is 0. The molecular weight excluding hydrogens is 311 g/mol. The number of halogens is 1. The SMILES string of the molecule is CC[I-]C(C)Cc1ccc([Si+])c(CC)c1. The predicted octanol–water partition coefficient (Wildman–Crippen LogP) is -0.917. The summed E-state index contributed by atoms with van der Waals surface area (Å²) in [6.07, 6.45) is 2.38. The molecule has 0 N–H and O–H groups in total. The van der Waals surface area contributed by atoms with Gasteiger partial charge in [0.05, 0.1) is 0 Å². The molecule has 82 valence electrons. The topological polar surface area (TPSA) is 0 Å². The summed E-state index contributed by atoms with van der Waals surface area (Å²) in [5.41, 5.74) is 2.94. The van der Waals surface area contributed by atoms with Crippen molar-refractivity contribution in [3.05, 3.63) is 29.3 Å². The third kappa shape index (κ3) is 4.27. The van der Waals surface area contributed by atoms with Crippen molar-refractivity contribution in [1.29, 1.82) is 0 Å². The first-order valence-corrected chi connectivity index (χ1v) is 8.85. The Labute approximate surface area is 108 Å². The van der Waals surface area contributed by atoms with Crippen LogP contribution in [0.1, 0.15) is 31.9 Å². The fourth-order valence-corrected chi connectivity index (χ4v) is 4.37. The summed E-state index contributed by atoms with van der Waals surface area (Å²) in [5, 5.41) is 1.25. The Hall–Kier alpha value is 0.167. The van der Waals surface area contributed by atoms with E-state index in [0.717, 1.165) is 10.3 Å². The standard InChI is InChI=1S/C13H19ISi/c1-4-12-9-11(6-7-13(12)15)8-10(3)14-5-2/h6-7,9-10H,4-5,8H2,1-3H3. The van der Waals surface area contributed by atoms with Gasteiger partial charge in [-0.05, 0) is 0 Å². The first kappa shape index (κ1) is 13.2. The molecule has 0 aliphatic heterocycles. The van der Waals surface area contributed by atoms with E-state index in [9.17, 15) is 0 Å². The van der Waals surface area contributed by atoms with Gasteiger partial charge < -0.3 is 0 Å². The minimum atomic E-state index is 0.405. The molecule has 15 heavy (non-hydrogen) atoms. The van der Waals surface area contributed by atoms with Crippen LogP contribution in [0.25, 0.3) is 0 Å². The van der Waals surface area contributed by atoms with E-state index >= 15 is 0 Å². The summed E-state index contributed by atoms with van der Waals surface area (Å²) in [6, 6.07) is 6.82. The molecule has 1 unspecified atom stereocenters. The van der Waals surface area contributed by atoms with Gasteiger partial charge in [0.2, 0.25) is 0 Å². The predicted molar refractivity (Wildman–Crippen MR) is 64.9 cm³/mol. The fourth-order valence-electron chi connectivity index (χ4n) is 1.71. The second-order valence-electron chi connectivity index (χ2n) is 3.75. The zero-order valence-electron chi connectivity index (χ0n) is 9.81. The molecule has 0 aliphatic rings. The van der Waals surface area contributed by atoms with Crippen molar-refractivity contribution in [3.8, 4) is 0 Å². The van der Waals surface area contributed by atoms with Crippen LogP contribution in [-0.4, -0.2) is 18.6 Å². The van der Waals surface area contributed by atoms with Gasteiger partial charge in [0.1, 0.15) is 0 Å². The number of hydrogen-bond donors (Lipinski definition) is 0. The van der Waals surface area contributed by atoms with Crippen LogP contribution in [0.15, 0.2) is 18.2 Å². The van der Waals surface area contributed by atoms with Crippen LogP contribution in [0, 0.1) is 0 Å². The number of rotatable bonds is 5. The molecule has 0 heterocycles. The first-order chi connectivity index (χ1) is 7.17. The van der Waals surface area contributed by atoms with E-state index in [-0.39, 0.29) is 0 Å². The third-order valence-corrected chi connectivity index (χ3v) is 5.80. The van der Waals surface area contributed by atoms with Crippen molar-refractivity contribution >= 4 is 15.4 Å². The van der Waals surface area contributed by atoms with Gasteiger partial charge in [0, 0.05) is 0 Å². The molecule has 1 aromatic rings. The van der Waals surface area contributed by atoms with E-state index in [1.165, 1.54) is 27.2 Å². The van der Waals surface area contributed by atoms with Crippen LogP contribution in [-0.2, 0) is 12.8 Å². The molecule has 1 rings (SSSR count). The summed E-state index contributed by atoms with van der Waals surface area (Å²) in [4.78, 5) is 0. The van der Waals surface area contributed by atoms with Gasteiger partial charge in [-0.15, -0.1) is 0 Å². The van der Waals surface area contributed by atoms with Crippen LogP contribution in [0.3, 0.4) is 0 Å². The molecule has 0 fully saturated rings. The molecule has 0 spiro atoms. The van der Waals surface area contributed by atoms with E-state index < -0.39 is 0 Å². The van der Waals surface area contributed by atoms with Gasteiger partial charge in [-0.3, -0.25) is 0 Å². The van der Waals surface area contributed by atoms with E-state index in [1.54, 1.807) is 0 Å². The molecule has 0 aromatic heterocycles. The number of aryl methyl sites for hydroxylation is 1. The van der Waals surface area contributed by atoms with Gasteiger partial charge in [0.15, 0.2) is 0 Å². The Balaban J connectivity index is 2.69. The van der Waals surface area contributed by atoms with Crippen LogP contribution in [0.5, 0.6) is 0 Å². The van der Waals surface area contributed by atoms with Crippen molar-refractivity contribution in [2.45, 2.75) is 37.5 Å². The van der Waals surface area contributed by atoms with Crippen molar-refractivity contribution in [2.75, 3.05) is 4.43 Å². The number of alkyl halides is 2. The molecule has 2 radical (unpaired) electrons. The van der Waals surface area contributed by atoms with Crippen molar-refractivity contribution in [2.24, 2.45) is 0 Å². The normalized spacial score (nSPS) is 13.0. The zero-order valence-corrected chi connectivity index (χ0v) is 13.0. The quantitative estimate of drug-likeness (QED) is 0.372. The molecule has 2 heteroatoms. The Kier molecular flexibility index (Phi) is 5.90. The Morgan fingerprint density at radius 2 is 2.07 bits per heavy atom. The summed E-state index contributed by atoms with van der Waals surface area (Å²) in [7, 11) is 3.65. The summed E-state index contributed by atoms with van der Waals surface area (Å²) >= 11 is 0.405. The van der Waals surface area contributed by atoms with Crippen LogP contribution in [0.2, 0.25) is 0 Å². The average Bonchev–Trinajstić information content (AvgIpc) is 2.21. The summed E-state index contributed by atoms with van der Waals surface area (Å²) < 4.78 is 2.32. The maximum atomic E-state index is 3.65. The van der Waals surface area contributed by atoms with E-state index in [2.05, 4.69) is 49.2 Å². The Bertz CT molecular complexity index is 309. The van der Waals surface area contributed by atoms with Gasteiger partial charge in [-0.2, -0.15) is 0 Å². The molecule has 0 aliphatic carbocycles. The number of benzene rings is 1. The Morgan fingerprint density at radius 3 is 2.67 bits per heavy atom. The molecule has 0 nitrogen and oxygen atoms in total. The molecule has 0 saturated carbocycles. The van der Waals surface area contributed by atoms with Crippen molar-refractivity contribution < 1.29 is 21.2 Å². The minimum absolute atomic E-state index is 0.405. The molecule has 0 amide bonds. The first-order valence-electron chi connectivity index (χ1n) is 5.58. The maximum absolute atomic E-state index is 3.65. The van der Waals surface area contributed by atoms with Crippen molar-refractivity contribution in [3.63, 3.8) is 0 Å². The van der Waals surface area contributed by atoms with Crippen molar-refractivity contribution in [1.82, 2.24) is 0 Å². The Morgan fingerprint density at radius 1 is 1.33 bits per heavy atom. The molecule has 1 atom stereocenters. The van der Waals surface area contributed by atoms with Gasteiger partial charge in [-0.1, -0.05) is 0 Å². The molecule has 0 saturated heterocycles. The van der Waals surface area contributed by atoms with Crippen LogP contribution >= 0.6 is 0 Å². The number of hydrogen-bond acceptors (Lipinski definition) is 0. The monoisotopic (exact) mass is 330 g/mol. The van der Waals surface area contributed by atoms with E-state index in [1.807, 2.05) is 0 Å². The van der Waals surface area contributed by atoms with E-state index in [0.29, 0.717) is 21.2 Å². The van der Waals surface area contributed by atoms with Crippen LogP contribution in [0.4, 0.5) is 0 Å². The zero-order chi connectivity index (χ0) is 11.3. The van der Waals surface area contributed by atoms with Crippen LogP contribution < -0.4 is 26.4 Å². The molecule has 1 aromatic carbocycles. The molecule has 0 bridgehead atoms. The van der Waals surface area contributed by atoms with Gasteiger partial charge in [0.25, 0.3) is 0 Å². The van der Waals surface area contributed by atoms with E-state index in [4.69, 9.17) is 0 Å². The second-order valence-corrected chi connectivity index (χ2v) is 8.82. The molecular formula is C13H19ISi. The van der Waals surface area contributed by atoms with Gasteiger partial charge in [-0.25, -0.2) is 0 Å².